The summed E-state index contributed by atoms with van der Waals surface area (Å²) in [5, 5.41) is 0. The van der Waals surface area contributed by atoms with Crippen molar-refractivity contribution in [3.05, 3.63) is 59.7 Å². The van der Waals surface area contributed by atoms with Gasteiger partial charge in [-0.1, -0.05) is 24.3 Å². The number of nitrogens with zero attached hydrogens (tertiary/aromatic N) is 2. The third-order valence-corrected chi connectivity index (χ3v) is 5.61. The zero-order valence-electron chi connectivity index (χ0n) is 19.4. The molecule has 0 aliphatic carbocycles. The number of aryl methyl sites for hydroxylation is 1. The number of carbonyl (C=O) groups excluding carboxylic acids is 2. The van der Waals surface area contributed by atoms with Crippen molar-refractivity contribution in [3.8, 4) is 11.5 Å². The van der Waals surface area contributed by atoms with Crippen LogP contribution in [-0.4, -0.2) is 61.0 Å². The van der Waals surface area contributed by atoms with E-state index in [4.69, 9.17) is 9.47 Å². The van der Waals surface area contributed by atoms with Gasteiger partial charge >= 0.3 is 0 Å². The molecule has 0 radical (unpaired) electrons. The quantitative estimate of drug-likeness (QED) is 0.630. The summed E-state index contributed by atoms with van der Waals surface area (Å²) >= 11 is 0. The van der Waals surface area contributed by atoms with Crippen molar-refractivity contribution < 1.29 is 19.1 Å². The molecular weight excluding hydrogens is 404 g/mol. The lowest BCUT2D eigenvalue weighted by molar-refractivity contribution is -0.133. The van der Waals surface area contributed by atoms with Crippen molar-refractivity contribution >= 4 is 11.8 Å². The van der Waals surface area contributed by atoms with E-state index in [1.807, 2.05) is 72.2 Å². The molecule has 6 nitrogen and oxygen atoms in total. The first kappa shape index (κ1) is 23.6. The van der Waals surface area contributed by atoms with E-state index in [9.17, 15) is 9.59 Å². The Morgan fingerprint density at radius 3 is 2.22 bits per heavy atom. The van der Waals surface area contributed by atoms with Crippen LogP contribution in [0.25, 0.3) is 0 Å². The first-order chi connectivity index (χ1) is 15.4. The van der Waals surface area contributed by atoms with Crippen LogP contribution in [0.5, 0.6) is 11.5 Å². The van der Waals surface area contributed by atoms with E-state index in [2.05, 4.69) is 0 Å². The fourth-order valence-corrected chi connectivity index (χ4v) is 3.91. The summed E-state index contributed by atoms with van der Waals surface area (Å²) in [7, 11) is 1.64. The summed E-state index contributed by atoms with van der Waals surface area (Å²) in [6.45, 7) is 6.52. The monoisotopic (exact) mass is 438 g/mol. The summed E-state index contributed by atoms with van der Waals surface area (Å²) in [5.74, 6) is 1.85. The van der Waals surface area contributed by atoms with Crippen LogP contribution in [0.3, 0.4) is 0 Å². The number of benzene rings is 2. The van der Waals surface area contributed by atoms with Gasteiger partial charge in [-0.2, -0.15) is 0 Å². The molecule has 6 heteroatoms. The molecule has 1 fully saturated rings. The molecule has 0 aromatic heterocycles. The number of amides is 2. The van der Waals surface area contributed by atoms with Crippen LogP contribution in [0.15, 0.2) is 48.5 Å². The fraction of sp³-hybridized carbons (Fsp3) is 0.462. The van der Waals surface area contributed by atoms with Crippen molar-refractivity contribution in [2.75, 3.05) is 33.3 Å². The van der Waals surface area contributed by atoms with Gasteiger partial charge in [-0.25, -0.2) is 0 Å². The average Bonchev–Trinajstić information content (AvgIpc) is 3.04. The van der Waals surface area contributed by atoms with Gasteiger partial charge < -0.3 is 19.3 Å². The molecule has 0 saturated carbocycles. The van der Waals surface area contributed by atoms with E-state index in [1.165, 1.54) is 0 Å². The van der Waals surface area contributed by atoms with Crippen molar-refractivity contribution in [2.45, 2.75) is 45.6 Å². The zero-order chi connectivity index (χ0) is 22.9. The lowest BCUT2D eigenvalue weighted by Gasteiger charge is -2.22. The summed E-state index contributed by atoms with van der Waals surface area (Å²) in [4.78, 5) is 29.4. The highest BCUT2D eigenvalue weighted by atomic mass is 16.5. The normalized spacial score (nSPS) is 14.2. The second-order valence-corrected chi connectivity index (χ2v) is 8.45. The predicted molar refractivity (Wildman–Crippen MR) is 125 cm³/mol. The zero-order valence-corrected chi connectivity index (χ0v) is 19.4. The third kappa shape index (κ3) is 7.01. The molecule has 1 saturated heterocycles. The lowest BCUT2D eigenvalue weighted by Crippen LogP contribution is -2.38. The maximum absolute atomic E-state index is 12.9. The predicted octanol–water partition coefficient (Wildman–Crippen LogP) is 3.72. The standard InChI is InChI=1S/C26H34N2O4/c1-20(2)32-24-7-4-6-22(18-24)19-26(30)28-15-5-14-27(16-17-28)25(29)13-10-21-8-11-23(31-3)12-9-21/h4,6-9,11-12,18,20H,5,10,13-17,19H2,1-3H3. The van der Waals surface area contributed by atoms with E-state index in [0.717, 1.165) is 29.0 Å². The van der Waals surface area contributed by atoms with Gasteiger partial charge in [0.05, 0.1) is 19.6 Å². The molecule has 3 rings (SSSR count). The highest BCUT2D eigenvalue weighted by Gasteiger charge is 2.22. The van der Waals surface area contributed by atoms with Crippen molar-refractivity contribution in [3.63, 3.8) is 0 Å². The Bertz CT molecular complexity index is 895. The molecule has 1 aliphatic rings. The first-order valence-electron chi connectivity index (χ1n) is 11.4. The third-order valence-electron chi connectivity index (χ3n) is 5.61. The molecule has 0 unspecified atom stereocenters. The van der Waals surface area contributed by atoms with Gasteiger partial charge in [-0.3, -0.25) is 9.59 Å². The number of hydrogen-bond acceptors (Lipinski definition) is 4. The molecule has 2 aromatic rings. The largest absolute Gasteiger partial charge is 0.497 e. The molecule has 172 valence electrons. The van der Waals surface area contributed by atoms with Crippen LogP contribution in [0, 0.1) is 0 Å². The summed E-state index contributed by atoms with van der Waals surface area (Å²) in [6, 6.07) is 15.6. The minimum Gasteiger partial charge on any atom is -0.497 e. The molecule has 32 heavy (non-hydrogen) atoms. The molecule has 1 aliphatic heterocycles. The van der Waals surface area contributed by atoms with Gasteiger partial charge in [0.2, 0.25) is 11.8 Å². The Kier molecular flexibility index (Phi) is 8.54. The van der Waals surface area contributed by atoms with Crippen molar-refractivity contribution in [2.24, 2.45) is 0 Å². The summed E-state index contributed by atoms with van der Waals surface area (Å²) < 4.78 is 10.9. The molecule has 0 N–H and O–H groups in total. The van der Waals surface area contributed by atoms with E-state index < -0.39 is 0 Å². The number of methoxy groups -OCH3 is 1. The van der Waals surface area contributed by atoms with Gasteiger partial charge in [0, 0.05) is 32.6 Å². The van der Waals surface area contributed by atoms with Crippen LogP contribution in [-0.2, 0) is 22.4 Å². The highest BCUT2D eigenvalue weighted by Crippen LogP contribution is 2.17. The van der Waals surface area contributed by atoms with Gasteiger partial charge in [-0.15, -0.1) is 0 Å². The van der Waals surface area contributed by atoms with Gasteiger partial charge in [0.25, 0.3) is 0 Å². The van der Waals surface area contributed by atoms with Crippen molar-refractivity contribution in [1.82, 2.24) is 9.80 Å². The van der Waals surface area contributed by atoms with E-state index >= 15 is 0 Å². The molecule has 0 bridgehead atoms. The first-order valence-corrected chi connectivity index (χ1v) is 11.4. The second kappa shape index (κ2) is 11.6. The Morgan fingerprint density at radius 1 is 0.875 bits per heavy atom. The van der Waals surface area contributed by atoms with Crippen LogP contribution < -0.4 is 9.47 Å². The second-order valence-electron chi connectivity index (χ2n) is 8.45. The minimum absolute atomic E-state index is 0.0965. The van der Waals surface area contributed by atoms with Gasteiger partial charge in [-0.05, 0) is 62.1 Å². The van der Waals surface area contributed by atoms with Crippen LogP contribution >= 0.6 is 0 Å². The molecule has 0 atom stereocenters. The van der Waals surface area contributed by atoms with Crippen LogP contribution in [0.1, 0.15) is 37.8 Å². The smallest absolute Gasteiger partial charge is 0.227 e. The Labute approximate surface area is 191 Å². The van der Waals surface area contributed by atoms with E-state index in [-0.39, 0.29) is 17.9 Å². The number of hydrogen-bond donors (Lipinski definition) is 0. The summed E-state index contributed by atoms with van der Waals surface area (Å²) in [5.41, 5.74) is 2.07. The minimum atomic E-state index is 0.0965. The lowest BCUT2D eigenvalue weighted by atomic mass is 10.1. The fourth-order valence-electron chi connectivity index (χ4n) is 3.91. The van der Waals surface area contributed by atoms with Gasteiger partial charge in [0.15, 0.2) is 0 Å². The maximum atomic E-state index is 12.9. The molecule has 0 spiro atoms. The molecule has 2 amide bonds. The topological polar surface area (TPSA) is 59.1 Å². The number of carbonyl (C=O) groups is 2. The maximum Gasteiger partial charge on any atom is 0.227 e. The molecular formula is C26H34N2O4. The molecule has 1 heterocycles. The Morgan fingerprint density at radius 2 is 1.56 bits per heavy atom. The van der Waals surface area contributed by atoms with E-state index in [0.29, 0.717) is 45.4 Å². The number of rotatable bonds is 8. The van der Waals surface area contributed by atoms with Crippen molar-refractivity contribution in [1.29, 1.82) is 0 Å². The highest BCUT2D eigenvalue weighted by molar-refractivity contribution is 5.79. The summed E-state index contributed by atoms with van der Waals surface area (Å²) in [6.07, 6.45) is 2.43. The Balaban J connectivity index is 1.48. The number of ether oxygens (including phenoxy) is 2. The van der Waals surface area contributed by atoms with E-state index in [1.54, 1.807) is 7.11 Å². The average molecular weight is 439 g/mol. The van der Waals surface area contributed by atoms with Crippen LogP contribution in [0.4, 0.5) is 0 Å². The van der Waals surface area contributed by atoms with Crippen LogP contribution in [0.2, 0.25) is 0 Å². The molecule has 2 aromatic carbocycles. The van der Waals surface area contributed by atoms with Gasteiger partial charge in [0.1, 0.15) is 11.5 Å². The SMILES string of the molecule is COc1ccc(CCC(=O)N2CCCN(C(=O)Cc3cccc(OC(C)C)c3)CC2)cc1. The Hall–Kier alpha value is -3.02.